The summed E-state index contributed by atoms with van der Waals surface area (Å²) in [6, 6.07) is 4.39. The molecule has 0 bridgehead atoms. The quantitative estimate of drug-likeness (QED) is 0.818. The fourth-order valence-electron chi connectivity index (χ4n) is 1.57. The van der Waals surface area contributed by atoms with Gasteiger partial charge in [0, 0.05) is 19.7 Å². The highest BCUT2D eigenvalue weighted by Gasteiger charge is 2.18. The zero-order valence-corrected chi connectivity index (χ0v) is 11.3. The number of hydrogen-bond donors (Lipinski definition) is 2. The molecule has 0 atom stereocenters. The molecule has 0 fully saturated rings. The molecule has 0 aliphatic carbocycles. The molecule has 104 valence electrons. The fraction of sp³-hybridized carbons (Fsp3) is 0.385. The number of carbonyl (C=O) groups excluding carboxylic acids is 2. The number of likely N-dealkylation sites (N-methyl/N-ethyl adjacent to an activating group) is 2. The van der Waals surface area contributed by atoms with Crippen LogP contribution in [0.15, 0.2) is 18.2 Å². The molecule has 0 saturated heterocycles. The summed E-state index contributed by atoms with van der Waals surface area (Å²) in [4.78, 5) is 24.7. The lowest BCUT2D eigenvalue weighted by Gasteiger charge is -2.17. The first kappa shape index (κ1) is 14.8. The van der Waals surface area contributed by atoms with E-state index in [0.29, 0.717) is 12.3 Å². The molecular formula is C13H18N2O4. The maximum Gasteiger partial charge on any atom is 0.257 e. The molecule has 0 radical (unpaired) electrons. The molecule has 0 heterocycles. The van der Waals surface area contributed by atoms with E-state index in [1.54, 1.807) is 13.0 Å². The van der Waals surface area contributed by atoms with Crippen molar-refractivity contribution < 1.29 is 19.4 Å². The van der Waals surface area contributed by atoms with Crippen LogP contribution in [0.25, 0.3) is 0 Å². The number of phenols is 1. The summed E-state index contributed by atoms with van der Waals surface area (Å²) in [6.07, 6.45) is 0. The summed E-state index contributed by atoms with van der Waals surface area (Å²) in [6.45, 7) is 2.25. The van der Waals surface area contributed by atoms with Gasteiger partial charge in [-0.1, -0.05) is 0 Å². The van der Waals surface area contributed by atoms with Crippen LogP contribution in [0.5, 0.6) is 11.5 Å². The van der Waals surface area contributed by atoms with Gasteiger partial charge in [-0.3, -0.25) is 9.59 Å². The SMILES string of the molecule is CCNC(=O)CN(C)C(=O)c1ccc(OC)cc1O. The van der Waals surface area contributed by atoms with Gasteiger partial charge in [-0.2, -0.15) is 0 Å². The number of hydrogen-bond acceptors (Lipinski definition) is 4. The second-order valence-electron chi connectivity index (χ2n) is 4.00. The predicted octanol–water partition coefficient (Wildman–Crippen LogP) is 0.609. The average molecular weight is 266 g/mol. The van der Waals surface area contributed by atoms with E-state index < -0.39 is 5.91 Å². The lowest BCUT2D eigenvalue weighted by atomic mass is 10.1. The highest BCUT2D eigenvalue weighted by molar-refractivity contribution is 5.98. The number of methoxy groups -OCH3 is 1. The van der Waals surface area contributed by atoms with Gasteiger partial charge in [-0.25, -0.2) is 0 Å². The molecule has 0 aliphatic heterocycles. The zero-order valence-electron chi connectivity index (χ0n) is 11.3. The molecule has 0 aliphatic rings. The summed E-state index contributed by atoms with van der Waals surface area (Å²) < 4.78 is 4.94. The Labute approximate surface area is 112 Å². The van der Waals surface area contributed by atoms with E-state index in [0.717, 1.165) is 0 Å². The van der Waals surface area contributed by atoms with E-state index in [-0.39, 0.29) is 23.8 Å². The number of nitrogens with one attached hydrogen (secondary N) is 1. The van der Waals surface area contributed by atoms with Gasteiger partial charge in [0.1, 0.15) is 11.5 Å². The lowest BCUT2D eigenvalue weighted by molar-refractivity contribution is -0.121. The molecule has 19 heavy (non-hydrogen) atoms. The molecule has 0 spiro atoms. The van der Waals surface area contributed by atoms with Crippen LogP contribution < -0.4 is 10.1 Å². The largest absolute Gasteiger partial charge is 0.507 e. The molecule has 1 rings (SSSR count). The van der Waals surface area contributed by atoms with E-state index in [1.807, 2.05) is 0 Å². The number of phenolic OH excluding ortho intramolecular Hbond substituents is 1. The van der Waals surface area contributed by atoms with Crippen molar-refractivity contribution in [3.8, 4) is 11.5 Å². The van der Waals surface area contributed by atoms with E-state index in [1.165, 1.54) is 31.2 Å². The number of nitrogens with zero attached hydrogens (tertiary/aromatic N) is 1. The Hall–Kier alpha value is -2.24. The van der Waals surface area contributed by atoms with Crippen molar-refractivity contribution in [2.75, 3.05) is 27.2 Å². The number of amides is 2. The maximum absolute atomic E-state index is 12.0. The van der Waals surface area contributed by atoms with Crippen molar-refractivity contribution in [1.29, 1.82) is 0 Å². The number of aromatic hydroxyl groups is 1. The molecule has 6 nitrogen and oxygen atoms in total. The second-order valence-corrected chi connectivity index (χ2v) is 4.00. The van der Waals surface area contributed by atoms with Gasteiger partial charge < -0.3 is 20.1 Å². The number of benzene rings is 1. The molecule has 2 N–H and O–H groups in total. The van der Waals surface area contributed by atoms with Crippen LogP contribution in [0, 0.1) is 0 Å². The van der Waals surface area contributed by atoms with E-state index in [4.69, 9.17) is 4.74 Å². The molecule has 1 aromatic rings. The fourth-order valence-corrected chi connectivity index (χ4v) is 1.57. The summed E-state index contributed by atoms with van der Waals surface area (Å²) in [5.41, 5.74) is 0.132. The molecule has 0 unspecified atom stereocenters. The van der Waals surface area contributed by atoms with E-state index in [9.17, 15) is 14.7 Å². The first-order valence-corrected chi connectivity index (χ1v) is 5.88. The number of ether oxygens (including phenoxy) is 1. The highest BCUT2D eigenvalue weighted by atomic mass is 16.5. The van der Waals surface area contributed by atoms with Crippen LogP contribution in [0.4, 0.5) is 0 Å². The van der Waals surface area contributed by atoms with Gasteiger partial charge in [0.25, 0.3) is 5.91 Å². The van der Waals surface area contributed by atoms with Gasteiger partial charge in [0.15, 0.2) is 0 Å². The summed E-state index contributed by atoms with van der Waals surface area (Å²) in [5.74, 6) is -0.384. The Bertz CT molecular complexity index is 474. The van der Waals surface area contributed by atoms with Crippen LogP contribution >= 0.6 is 0 Å². The smallest absolute Gasteiger partial charge is 0.257 e. The van der Waals surface area contributed by atoms with E-state index >= 15 is 0 Å². The number of rotatable bonds is 5. The molecule has 2 amide bonds. The van der Waals surface area contributed by atoms with Crippen molar-refractivity contribution >= 4 is 11.8 Å². The van der Waals surface area contributed by atoms with Crippen molar-refractivity contribution in [2.45, 2.75) is 6.92 Å². The van der Waals surface area contributed by atoms with Crippen molar-refractivity contribution in [2.24, 2.45) is 0 Å². The van der Waals surface area contributed by atoms with E-state index in [2.05, 4.69) is 5.32 Å². The minimum atomic E-state index is -0.425. The first-order valence-electron chi connectivity index (χ1n) is 5.88. The molecule has 1 aromatic carbocycles. The van der Waals surface area contributed by atoms with Crippen LogP contribution in [-0.4, -0.2) is 49.1 Å². The molecule has 6 heteroatoms. The predicted molar refractivity (Wildman–Crippen MR) is 70.3 cm³/mol. The highest BCUT2D eigenvalue weighted by Crippen LogP contribution is 2.24. The van der Waals surface area contributed by atoms with Crippen LogP contribution in [0.2, 0.25) is 0 Å². The molecular weight excluding hydrogens is 248 g/mol. The van der Waals surface area contributed by atoms with Crippen LogP contribution in [0.1, 0.15) is 17.3 Å². The third kappa shape index (κ3) is 3.87. The Balaban J connectivity index is 2.79. The Morgan fingerprint density at radius 3 is 2.63 bits per heavy atom. The summed E-state index contributed by atoms with van der Waals surface area (Å²) in [5, 5.41) is 12.4. The van der Waals surface area contributed by atoms with Gasteiger partial charge in [-0.05, 0) is 19.1 Å². The number of carbonyl (C=O) groups is 2. The van der Waals surface area contributed by atoms with Crippen molar-refractivity contribution in [3.63, 3.8) is 0 Å². The minimum absolute atomic E-state index is 0.0574. The van der Waals surface area contributed by atoms with Gasteiger partial charge in [0.05, 0.1) is 19.2 Å². The third-order valence-corrected chi connectivity index (χ3v) is 2.54. The van der Waals surface area contributed by atoms with Crippen molar-refractivity contribution in [1.82, 2.24) is 10.2 Å². The minimum Gasteiger partial charge on any atom is -0.507 e. The Kier molecular flexibility index (Phi) is 5.17. The Morgan fingerprint density at radius 2 is 2.11 bits per heavy atom. The summed E-state index contributed by atoms with van der Waals surface area (Å²) in [7, 11) is 2.97. The standard InChI is InChI=1S/C13H18N2O4/c1-4-14-12(17)8-15(2)13(18)10-6-5-9(19-3)7-11(10)16/h5-7,16H,4,8H2,1-3H3,(H,14,17). The first-order chi connectivity index (χ1) is 8.99. The Morgan fingerprint density at radius 1 is 1.42 bits per heavy atom. The van der Waals surface area contributed by atoms with Crippen LogP contribution in [0.3, 0.4) is 0 Å². The lowest BCUT2D eigenvalue weighted by Crippen LogP contribution is -2.38. The van der Waals surface area contributed by atoms with Crippen LogP contribution in [-0.2, 0) is 4.79 Å². The zero-order chi connectivity index (χ0) is 14.4. The summed E-state index contributed by atoms with van der Waals surface area (Å²) >= 11 is 0. The second kappa shape index (κ2) is 6.63. The average Bonchev–Trinajstić information content (AvgIpc) is 2.37. The maximum atomic E-state index is 12.0. The normalized spacial score (nSPS) is 9.84. The van der Waals surface area contributed by atoms with Crippen molar-refractivity contribution in [3.05, 3.63) is 23.8 Å². The van der Waals surface area contributed by atoms with Gasteiger partial charge in [-0.15, -0.1) is 0 Å². The monoisotopic (exact) mass is 266 g/mol. The van der Waals surface area contributed by atoms with Gasteiger partial charge in [0.2, 0.25) is 5.91 Å². The topological polar surface area (TPSA) is 78.9 Å². The third-order valence-electron chi connectivity index (χ3n) is 2.54. The molecule has 0 saturated carbocycles. The molecule has 0 aromatic heterocycles. The van der Waals surface area contributed by atoms with Gasteiger partial charge >= 0.3 is 0 Å².